The molecule has 0 amide bonds. The van der Waals surface area contributed by atoms with Crippen LogP contribution < -0.4 is 0 Å². The van der Waals surface area contributed by atoms with Crippen molar-refractivity contribution in [2.75, 3.05) is 7.11 Å². The first-order valence-corrected chi connectivity index (χ1v) is 6.73. The summed E-state index contributed by atoms with van der Waals surface area (Å²) in [5.41, 5.74) is -0.967. The highest BCUT2D eigenvalue weighted by Crippen LogP contribution is 2.39. The third kappa shape index (κ3) is 3.41. The fourth-order valence-electron chi connectivity index (χ4n) is 2.35. The standard InChI is InChI=1S/C14H18Cl2O3/c1-8(2)12(13(17)19-4)14(3,18)10-6-5-9(15)7-11(10)16/h5-8,12,18H,1-4H3. The Bertz CT molecular complexity index is 470. The summed E-state index contributed by atoms with van der Waals surface area (Å²) in [6, 6.07) is 4.80. The van der Waals surface area contributed by atoms with Gasteiger partial charge in [-0.25, -0.2) is 0 Å². The van der Waals surface area contributed by atoms with Gasteiger partial charge >= 0.3 is 5.97 Å². The Morgan fingerprint density at radius 1 is 1.37 bits per heavy atom. The Kier molecular flexibility index (Phi) is 5.25. The SMILES string of the molecule is COC(=O)C(C(C)C)C(C)(O)c1ccc(Cl)cc1Cl. The molecule has 2 unspecified atom stereocenters. The molecule has 106 valence electrons. The molecule has 0 saturated carbocycles. The van der Waals surface area contributed by atoms with Crippen LogP contribution >= 0.6 is 23.2 Å². The van der Waals surface area contributed by atoms with Crippen molar-refractivity contribution in [1.29, 1.82) is 0 Å². The molecule has 0 fully saturated rings. The first kappa shape index (κ1) is 16.3. The summed E-state index contributed by atoms with van der Waals surface area (Å²) in [6.07, 6.45) is 0. The van der Waals surface area contributed by atoms with Gasteiger partial charge in [-0.1, -0.05) is 43.1 Å². The number of hydrogen-bond acceptors (Lipinski definition) is 3. The van der Waals surface area contributed by atoms with Crippen LogP contribution in [0.5, 0.6) is 0 Å². The van der Waals surface area contributed by atoms with Crippen LogP contribution in [0.3, 0.4) is 0 Å². The van der Waals surface area contributed by atoms with Crippen molar-refractivity contribution >= 4 is 29.2 Å². The van der Waals surface area contributed by atoms with Gasteiger partial charge < -0.3 is 9.84 Å². The Labute approximate surface area is 123 Å². The molecule has 1 N–H and O–H groups in total. The molecule has 0 aliphatic carbocycles. The van der Waals surface area contributed by atoms with E-state index in [-0.39, 0.29) is 5.92 Å². The number of halogens is 2. The second-order valence-electron chi connectivity index (χ2n) is 5.02. The van der Waals surface area contributed by atoms with Gasteiger partial charge in [-0.05, 0) is 25.0 Å². The van der Waals surface area contributed by atoms with Crippen LogP contribution in [0, 0.1) is 11.8 Å². The molecular formula is C14H18Cl2O3. The monoisotopic (exact) mass is 304 g/mol. The molecule has 0 aliphatic rings. The maximum absolute atomic E-state index is 11.9. The average molecular weight is 305 g/mol. The van der Waals surface area contributed by atoms with E-state index in [0.29, 0.717) is 15.6 Å². The van der Waals surface area contributed by atoms with Crippen molar-refractivity contribution in [3.63, 3.8) is 0 Å². The average Bonchev–Trinajstić information content (AvgIpc) is 2.27. The predicted octanol–water partition coefficient (Wildman–Crippen LogP) is 3.65. The Hall–Kier alpha value is -0.770. The number of carbonyl (C=O) groups is 1. The van der Waals surface area contributed by atoms with Gasteiger partial charge in [-0.15, -0.1) is 0 Å². The Morgan fingerprint density at radius 2 is 1.95 bits per heavy atom. The number of aliphatic hydroxyl groups is 1. The van der Waals surface area contributed by atoms with E-state index in [1.54, 1.807) is 25.1 Å². The van der Waals surface area contributed by atoms with E-state index in [9.17, 15) is 9.90 Å². The third-order valence-electron chi connectivity index (χ3n) is 3.20. The third-order valence-corrected chi connectivity index (χ3v) is 3.75. The summed E-state index contributed by atoms with van der Waals surface area (Å²) < 4.78 is 4.78. The summed E-state index contributed by atoms with van der Waals surface area (Å²) in [7, 11) is 1.30. The van der Waals surface area contributed by atoms with E-state index in [1.165, 1.54) is 7.11 Å². The molecule has 1 rings (SSSR count). The van der Waals surface area contributed by atoms with Crippen LogP contribution in [-0.4, -0.2) is 18.2 Å². The molecule has 1 aromatic rings. The lowest BCUT2D eigenvalue weighted by Gasteiger charge is -2.34. The zero-order chi connectivity index (χ0) is 14.8. The van der Waals surface area contributed by atoms with Gasteiger partial charge in [0.2, 0.25) is 0 Å². The second-order valence-corrected chi connectivity index (χ2v) is 5.86. The van der Waals surface area contributed by atoms with Crippen LogP contribution in [0.4, 0.5) is 0 Å². The molecule has 0 aromatic heterocycles. The smallest absolute Gasteiger partial charge is 0.312 e. The number of carbonyl (C=O) groups excluding carboxylic acids is 1. The minimum Gasteiger partial charge on any atom is -0.469 e. The van der Waals surface area contributed by atoms with Gasteiger partial charge in [0.15, 0.2) is 0 Å². The fourth-order valence-corrected chi connectivity index (χ4v) is 2.94. The molecule has 0 heterocycles. The molecule has 5 heteroatoms. The van der Waals surface area contributed by atoms with Crippen LogP contribution in [0.15, 0.2) is 18.2 Å². The number of ether oxygens (including phenoxy) is 1. The highest BCUT2D eigenvalue weighted by molar-refractivity contribution is 6.35. The van der Waals surface area contributed by atoms with Gasteiger partial charge in [0.05, 0.1) is 13.0 Å². The highest BCUT2D eigenvalue weighted by Gasteiger charge is 2.42. The lowest BCUT2D eigenvalue weighted by atomic mass is 9.76. The lowest BCUT2D eigenvalue weighted by molar-refractivity contribution is -0.159. The number of methoxy groups -OCH3 is 1. The fraction of sp³-hybridized carbons (Fsp3) is 0.500. The summed E-state index contributed by atoms with van der Waals surface area (Å²) in [5.74, 6) is -1.28. The van der Waals surface area contributed by atoms with Crippen molar-refractivity contribution in [3.8, 4) is 0 Å². The minimum absolute atomic E-state index is 0.103. The van der Waals surface area contributed by atoms with Crippen molar-refractivity contribution in [2.24, 2.45) is 11.8 Å². The van der Waals surface area contributed by atoms with Crippen molar-refractivity contribution < 1.29 is 14.6 Å². The minimum atomic E-state index is -1.43. The highest BCUT2D eigenvalue weighted by atomic mass is 35.5. The van der Waals surface area contributed by atoms with Gasteiger partial charge in [-0.2, -0.15) is 0 Å². The summed E-state index contributed by atoms with van der Waals surface area (Å²) in [5, 5.41) is 11.6. The lowest BCUT2D eigenvalue weighted by Crippen LogP contribution is -2.41. The van der Waals surface area contributed by atoms with E-state index in [4.69, 9.17) is 27.9 Å². The molecule has 3 nitrogen and oxygen atoms in total. The second kappa shape index (κ2) is 6.12. The maximum Gasteiger partial charge on any atom is 0.312 e. The van der Waals surface area contributed by atoms with Crippen LogP contribution in [-0.2, 0) is 15.1 Å². The normalized spacial score (nSPS) is 16.0. The van der Waals surface area contributed by atoms with Crippen molar-refractivity contribution in [2.45, 2.75) is 26.4 Å². The van der Waals surface area contributed by atoms with Crippen LogP contribution in [0.2, 0.25) is 10.0 Å². The first-order chi connectivity index (χ1) is 8.71. The van der Waals surface area contributed by atoms with E-state index < -0.39 is 17.5 Å². The van der Waals surface area contributed by atoms with Gasteiger partial charge in [0.25, 0.3) is 0 Å². The summed E-state index contributed by atoms with van der Waals surface area (Å²) in [4.78, 5) is 11.9. The molecule has 2 atom stereocenters. The molecule has 0 bridgehead atoms. The predicted molar refractivity (Wildman–Crippen MR) is 76.4 cm³/mol. The number of benzene rings is 1. The van der Waals surface area contributed by atoms with Crippen molar-refractivity contribution in [3.05, 3.63) is 33.8 Å². The van der Waals surface area contributed by atoms with Gasteiger partial charge in [0, 0.05) is 15.6 Å². The summed E-state index contributed by atoms with van der Waals surface area (Å²) >= 11 is 12.0. The maximum atomic E-state index is 11.9. The molecule has 0 aliphatic heterocycles. The van der Waals surface area contributed by atoms with E-state index >= 15 is 0 Å². The zero-order valence-electron chi connectivity index (χ0n) is 11.4. The molecule has 0 spiro atoms. The van der Waals surface area contributed by atoms with E-state index in [2.05, 4.69) is 0 Å². The quantitative estimate of drug-likeness (QED) is 0.864. The van der Waals surface area contributed by atoms with E-state index in [1.807, 2.05) is 13.8 Å². The topological polar surface area (TPSA) is 46.5 Å². The molecule has 19 heavy (non-hydrogen) atoms. The van der Waals surface area contributed by atoms with E-state index in [0.717, 1.165) is 0 Å². The molecule has 1 aromatic carbocycles. The van der Waals surface area contributed by atoms with Crippen LogP contribution in [0.25, 0.3) is 0 Å². The number of esters is 1. The summed E-state index contributed by atoms with van der Waals surface area (Å²) in [6.45, 7) is 5.25. The number of hydrogen-bond donors (Lipinski definition) is 1. The largest absolute Gasteiger partial charge is 0.469 e. The zero-order valence-corrected chi connectivity index (χ0v) is 12.9. The van der Waals surface area contributed by atoms with Gasteiger partial charge in [-0.3, -0.25) is 4.79 Å². The Morgan fingerprint density at radius 3 is 2.37 bits per heavy atom. The molecule has 0 saturated heterocycles. The van der Waals surface area contributed by atoms with Gasteiger partial charge in [0.1, 0.15) is 5.60 Å². The Balaban J connectivity index is 3.30. The first-order valence-electron chi connectivity index (χ1n) is 5.97. The molecule has 0 radical (unpaired) electrons. The molecular weight excluding hydrogens is 287 g/mol. The van der Waals surface area contributed by atoms with Crippen molar-refractivity contribution in [1.82, 2.24) is 0 Å². The van der Waals surface area contributed by atoms with Crippen LogP contribution in [0.1, 0.15) is 26.3 Å². The number of rotatable bonds is 4.